The van der Waals surface area contributed by atoms with E-state index in [-0.39, 0.29) is 18.6 Å². The van der Waals surface area contributed by atoms with Gasteiger partial charge in [0.15, 0.2) is 5.58 Å². The zero-order valence-corrected chi connectivity index (χ0v) is 12.6. The molecule has 3 rings (SSSR count). The number of carbonyl (C=O) groups excluding carboxylic acids is 1. The van der Waals surface area contributed by atoms with Crippen LogP contribution in [0.4, 0.5) is 0 Å². The molecule has 116 valence electrons. The molecule has 5 nitrogen and oxygen atoms in total. The highest BCUT2D eigenvalue weighted by molar-refractivity contribution is 5.92. The lowest BCUT2D eigenvalue weighted by atomic mass is 9.91. The topological polar surface area (TPSA) is 66.6 Å². The van der Waals surface area contributed by atoms with Crippen molar-refractivity contribution in [3.05, 3.63) is 36.2 Å². The van der Waals surface area contributed by atoms with Gasteiger partial charge in [0.05, 0.1) is 12.6 Å². The molecule has 1 N–H and O–H groups in total. The zero-order valence-electron chi connectivity index (χ0n) is 12.6. The second-order valence-electron chi connectivity index (χ2n) is 5.75. The van der Waals surface area contributed by atoms with Gasteiger partial charge in [-0.2, -0.15) is 0 Å². The molecule has 0 aliphatic carbocycles. The summed E-state index contributed by atoms with van der Waals surface area (Å²) in [5.74, 6) is 0.633. The summed E-state index contributed by atoms with van der Waals surface area (Å²) in [4.78, 5) is 18.4. The van der Waals surface area contributed by atoms with Gasteiger partial charge in [-0.3, -0.25) is 4.79 Å². The lowest BCUT2D eigenvalue weighted by Crippen LogP contribution is -2.49. The minimum atomic E-state index is -0.104. The maximum Gasteiger partial charge on any atom is 0.247 e. The zero-order chi connectivity index (χ0) is 15.5. The standard InChI is InChI=1S/C17H20N2O3/c1-12-5-4-10-19(14(12)11-20)17(21)9-8-16-18-13-6-2-3-7-15(13)22-16/h2-3,6-9,12,14,20H,4-5,10-11H2,1H3/b9-8+. The summed E-state index contributed by atoms with van der Waals surface area (Å²) in [5, 5.41) is 9.51. The molecule has 22 heavy (non-hydrogen) atoms. The van der Waals surface area contributed by atoms with Crippen LogP contribution in [0.15, 0.2) is 34.8 Å². The van der Waals surface area contributed by atoms with Crippen molar-refractivity contribution in [1.82, 2.24) is 9.88 Å². The molecule has 2 atom stereocenters. The van der Waals surface area contributed by atoms with E-state index in [9.17, 15) is 9.90 Å². The van der Waals surface area contributed by atoms with Gasteiger partial charge in [0.1, 0.15) is 5.52 Å². The first-order valence-corrected chi connectivity index (χ1v) is 7.64. The Bertz CT molecular complexity index is 659. The fourth-order valence-corrected chi connectivity index (χ4v) is 3.00. The largest absolute Gasteiger partial charge is 0.437 e. The average molecular weight is 300 g/mol. The van der Waals surface area contributed by atoms with Crippen molar-refractivity contribution in [3.8, 4) is 0 Å². The molecule has 1 aliphatic heterocycles. The normalized spacial score (nSPS) is 22.5. The van der Waals surface area contributed by atoms with Crippen LogP contribution in [0.1, 0.15) is 25.7 Å². The van der Waals surface area contributed by atoms with Gasteiger partial charge in [-0.15, -0.1) is 0 Å². The SMILES string of the molecule is CC1CCCN(C(=O)/C=C/c2nc3ccccc3o2)C1CO. The van der Waals surface area contributed by atoms with E-state index in [4.69, 9.17) is 4.42 Å². The van der Waals surface area contributed by atoms with Crippen molar-refractivity contribution in [3.63, 3.8) is 0 Å². The summed E-state index contributed by atoms with van der Waals surface area (Å²) in [6.07, 6.45) is 5.09. The van der Waals surface area contributed by atoms with Gasteiger partial charge < -0.3 is 14.4 Å². The highest BCUT2D eigenvalue weighted by Crippen LogP contribution is 2.23. The Labute approximate surface area is 129 Å². The number of piperidine rings is 1. The highest BCUT2D eigenvalue weighted by Gasteiger charge is 2.30. The van der Waals surface area contributed by atoms with Crippen LogP contribution in [0.2, 0.25) is 0 Å². The van der Waals surface area contributed by atoms with E-state index >= 15 is 0 Å². The van der Waals surface area contributed by atoms with Gasteiger partial charge in [0, 0.05) is 18.7 Å². The van der Waals surface area contributed by atoms with Crippen molar-refractivity contribution >= 4 is 23.1 Å². The average Bonchev–Trinajstić information content (AvgIpc) is 2.95. The van der Waals surface area contributed by atoms with E-state index in [0.717, 1.165) is 18.4 Å². The lowest BCUT2D eigenvalue weighted by Gasteiger charge is -2.38. The minimum Gasteiger partial charge on any atom is -0.437 e. The number of rotatable bonds is 3. The molecule has 1 amide bonds. The van der Waals surface area contributed by atoms with E-state index in [1.807, 2.05) is 24.3 Å². The van der Waals surface area contributed by atoms with Gasteiger partial charge in [0.2, 0.25) is 11.8 Å². The van der Waals surface area contributed by atoms with Crippen LogP contribution in [-0.4, -0.2) is 40.1 Å². The summed E-state index contributed by atoms with van der Waals surface area (Å²) >= 11 is 0. The molecule has 1 aliphatic rings. The van der Waals surface area contributed by atoms with Gasteiger partial charge in [-0.1, -0.05) is 19.1 Å². The fraction of sp³-hybridized carbons (Fsp3) is 0.412. The number of hydrogen-bond donors (Lipinski definition) is 1. The Hall–Kier alpha value is -2.14. The Morgan fingerprint density at radius 3 is 3.09 bits per heavy atom. The molecule has 2 aromatic rings. The second kappa shape index (κ2) is 6.32. The number of likely N-dealkylation sites (tertiary alicyclic amines) is 1. The smallest absolute Gasteiger partial charge is 0.247 e. The molecule has 0 radical (unpaired) electrons. The predicted molar refractivity (Wildman–Crippen MR) is 84.0 cm³/mol. The number of amides is 1. The van der Waals surface area contributed by atoms with E-state index in [1.165, 1.54) is 6.08 Å². The Kier molecular flexibility index (Phi) is 4.24. The number of hydrogen-bond acceptors (Lipinski definition) is 4. The summed E-state index contributed by atoms with van der Waals surface area (Å²) in [5.41, 5.74) is 1.48. The Morgan fingerprint density at radius 1 is 1.50 bits per heavy atom. The van der Waals surface area contributed by atoms with Gasteiger partial charge >= 0.3 is 0 Å². The van der Waals surface area contributed by atoms with Crippen molar-refractivity contribution in [2.45, 2.75) is 25.8 Å². The van der Waals surface area contributed by atoms with Gasteiger partial charge in [-0.05, 0) is 30.9 Å². The third-order valence-corrected chi connectivity index (χ3v) is 4.26. The lowest BCUT2D eigenvalue weighted by molar-refractivity contribution is -0.132. The highest BCUT2D eigenvalue weighted by atomic mass is 16.3. The molecule has 1 aromatic carbocycles. The number of para-hydroxylation sites is 2. The van der Waals surface area contributed by atoms with Crippen LogP contribution in [0, 0.1) is 5.92 Å². The molecular formula is C17H20N2O3. The van der Waals surface area contributed by atoms with Crippen molar-refractivity contribution < 1.29 is 14.3 Å². The van der Waals surface area contributed by atoms with Crippen molar-refractivity contribution in [1.29, 1.82) is 0 Å². The maximum absolute atomic E-state index is 12.4. The molecule has 2 heterocycles. The Balaban J connectivity index is 1.75. The molecule has 5 heteroatoms. The first kappa shape index (κ1) is 14.8. The second-order valence-corrected chi connectivity index (χ2v) is 5.75. The monoisotopic (exact) mass is 300 g/mol. The molecule has 1 fully saturated rings. The number of aliphatic hydroxyl groups excluding tert-OH is 1. The van der Waals surface area contributed by atoms with Gasteiger partial charge in [-0.25, -0.2) is 4.98 Å². The number of aliphatic hydroxyl groups is 1. The number of carbonyl (C=O) groups is 1. The quantitative estimate of drug-likeness (QED) is 0.884. The minimum absolute atomic E-state index is 0.00361. The predicted octanol–water partition coefficient (Wildman–Crippen LogP) is 2.46. The van der Waals surface area contributed by atoms with Crippen LogP contribution in [0.5, 0.6) is 0 Å². The molecule has 2 unspecified atom stereocenters. The molecule has 1 saturated heterocycles. The number of nitrogens with zero attached hydrogens (tertiary/aromatic N) is 2. The summed E-state index contributed by atoms with van der Waals surface area (Å²) in [6, 6.07) is 7.38. The third kappa shape index (κ3) is 2.90. The number of oxazole rings is 1. The molecule has 0 spiro atoms. The summed E-state index contributed by atoms with van der Waals surface area (Å²) in [7, 11) is 0. The van der Waals surface area contributed by atoms with Crippen LogP contribution in [-0.2, 0) is 4.79 Å². The van der Waals surface area contributed by atoms with E-state index < -0.39 is 0 Å². The first-order chi connectivity index (χ1) is 10.7. The third-order valence-electron chi connectivity index (χ3n) is 4.26. The summed E-state index contributed by atoms with van der Waals surface area (Å²) < 4.78 is 5.56. The Morgan fingerprint density at radius 2 is 2.32 bits per heavy atom. The number of fused-ring (bicyclic) bond motifs is 1. The molecule has 0 bridgehead atoms. The maximum atomic E-state index is 12.4. The van der Waals surface area contributed by atoms with Crippen LogP contribution in [0.3, 0.4) is 0 Å². The number of aromatic nitrogens is 1. The van der Waals surface area contributed by atoms with E-state index in [0.29, 0.717) is 23.9 Å². The fourth-order valence-electron chi connectivity index (χ4n) is 3.00. The van der Waals surface area contributed by atoms with Crippen LogP contribution >= 0.6 is 0 Å². The number of benzene rings is 1. The molecular weight excluding hydrogens is 280 g/mol. The van der Waals surface area contributed by atoms with E-state index in [1.54, 1.807) is 11.0 Å². The summed E-state index contributed by atoms with van der Waals surface area (Å²) in [6.45, 7) is 2.76. The van der Waals surface area contributed by atoms with Crippen LogP contribution < -0.4 is 0 Å². The van der Waals surface area contributed by atoms with E-state index in [2.05, 4.69) is 11.9 Å². The molecule has 1 aromatic heterocycles. The van der Waals surface area contributed by atoms with Crippen molar-refractivity contribution in [2.24, 2.45) is 5.92 Å². The first-order valence-electron chi connectivity index (χ1n) is 7.64. The van der Waals surface area contributed by atoms with Gasteiger partial charge in [0.25, 0.3) is 0 Å². The van der Waals surface area contributed by atoms with Crippen molar-refractivity contribution in [2.75, 3.05) is 13.2 Å². The molecule has 0 saturated carbocycles. The van der Waals surface area contributed by atoms with Crippen LogP contribution in [0.25, 0.3) is 17.2 Å².